The van der Waals surface area contributed by atoms with Crippen molar-refractivity contribution in [1.82, 2.24) is 0 Å². The molecule has 2 aliphatic rings. The highest BCUT2D eigenvalue weighted by Gasteiger charge is 2.53. The summed E-state index contributed by atoms with van der Waals surface area (Å²) in [6, 6.07) is 1.62. The van der Waals surface area contributed by atoms with Crippen LogP contribution < -0.4 is 0 Å². The number of benzene rings is 1. The predicted octanol–water partition coefficient (Wildman–Crippen LogP) is 4.88. The lowest BCUT2D eigenvalue weighted by molar-refractivity contribution is -0.141. The van der Waals surface area contributed by atoms with Gasteiger partial charge in [-0.25, -0.2) is 4.39 Å². The molecule has 5 heteroatoms. The number of halogens is 4. The number of alkyl halides is 3. The van der Waals surface area contributed by atoms with Gasteiger partial charge in [-0.05, 0) is 49.1 Å². The predicted molar refractivity (Wildman–Crippen MR) is 71.0 cm³/mol. The van der Waals surface area contributed by atoms with E-state index in [0.717, 1.165) is 12.8 Å². The molecular weight excluding hydrogens is 284 g/mol. The van der Waals surface area contributed by atoms with Crippen molar-refractivity contribution >= 4 is 0 Å². The van der Waals surface area contributed by atoms with E-state index in [1.165, 1.54) is 6.92 Å². The average Bonchev–Trinajstić information content (AvgIpc) is 3.25. The van der Waals surface area contributed by atoms with Gasteiger partial charge in [-0.2, -0.15) is 13.2 Å². The third-order valence-electron chi connectivity index (χ3n) is 5.10. The quantitative estimate of drug-likeness (QED) is 0.789. The molecule has 2 aliphatic carbocycles. The largest absolute Gasteiger partial charge is 0.505 e. The summed E-state index contributed by atoms with van der Waals surface area (Å²) < 4.78 is 52.6. The smallest absolute Gasteiger partial charge is 0.389 e. The van der Waals surface area contributed by atoms with Crippen LogP contribution in [0.3, 0.4) is 0 Å². The Balaban J connectivity index is 2.09. The Morgan fingerprint density at radius 2 is 1.71 bits per heavy atom. The maximum Gasteiger partial charge on any atom is 0.389 e. The van der Waals surface area contributed by atoms with Crippen molar-refractivity contribution in [3.63, 3.8) is 0 Å². The third kappa shape index (κ3) is 2.40. The first kappa shape index (κ1) is 14.7. The van der Waals surface area contributed by atoms with Crippen molar-refractivity contribution in [1.29, 1.82) is 0 Å². The first-order chi connectivity index (χ1) is 9.58. The van der Waals surface area contributed by atoms with Crippen LogP contribution in [0.4, 0.5) is 17.6 Å². The minimum absolute atomic E-state index is 0.155. The molecule has 0 spiro atoms. The standard InChI is InChI=1S/C16H18F4O/c1-9-10(15(5-6-15)8-16(18,19)20)7-11(13(21)12(9)17)14(2)3-4-14/h7,21H,3-6,8H2,1-2H3. The Labute approximate surface area is 121 Å². The molecule has 0 aliphatic heterocycles. The monoisotopic (exact) mass is 302 g/mol. The van der Waals surface area contributed by atoms with Crippen molar-refractivity contribution in [3.05, 3.63) is 28.6 Å². The van der Waals surface area contributed by atoms with Gasteiger partial charge in [-0.15, -0.1) is 0 Å². The number of phenolic OH excluding ortho intramolecular Hbond substituents is 1. The lowest BCUT2D eigenvalue weighted by Crippen LogP contribution is -2.21. The minimum atomic E-state index is -4.26. The summed E-state index contributed by atoms with van der Waals surface area (Å²) in [4.78, 5) is 0. The van der Waals surface area contributed by atoms with E-state index in [9.17, 15) is 22.7 Å². The first-order valence-corrected chi connectivity index (χ1v) is 7.18. The molecule has 0 radical (unpaired) electrons. The van der Waals surface area contributed by atoms with Gasteiger partial charge >= 0.3 is 6.18 Å². The van der Waals surface area contributed by atoms with E-state index in [0.29, 0.717) is 24.0 Å². The van der Waals surface area contributed by atoms with E-state index in [1.54, 1.807) is 6.07 Å². The van der Waals surface area contributed by atoms with Gasteiger partial charge < -0.3 is 5.11 Å². The molecule has 1 nitrogen and oxygen atoms in total. The highest BCUT2D eigenvalue weighted by molar-refractivity contribution is 5.52. The summed E-state index contributed by atoms with van der Waals surface area (Å²) in [7, 11) is 0. The first-order valence-electron chi connectivity index (χ1n) is 7.18. The van der Waals surface area contributed by atoms with Crippen LogP contribution in [-0.2, 0) is 10.8 Å². The Kier molecular flexibility index (Phi) is 2.89. The van der Waals surface area contributed by atoms with Crippen molar-refractivity contribution in [2.24, 2.45) is 0 Å². The zero-order valence-corrected chi connectivity index (χ0v) is 12.1. The van der Waals surface area contributed by atoms with Gasteiger partial charge in [0.05, 0.1) is 6.42 Å². The molecule has 0 unspecified atom stereocenters. The van der Waals surface area contributed by atoms with Gasteiger partial charge in [-0.1, -0.05) is 13.0 Å². The highest BCUT2D eigenvalue weighted by Crippen LogP contribution is 2.58. The lowest BCUT2D eigenvalue weighted by Gasteiger charge is -2.23. The van der Waals surface area contributed by atoms with Crippen molar-refractivity contribution in [3.8, 4) is 5.75 Å². The average molecular weight is 302 g/mol. The Hall–Kier alpha value is -1.26. The Morgan fingerprint density at radius 1 is 1.14 bits per heavy atom. The van der Waals surface area contributed by atoms with E-state index in [4.69, 9.17) is 0 Å². The van der Waals surface area contributed by atoms with Crippen molar-refractivity contribution in [2.75, 3.05) is 0 Å². The van der Waals surface area contributed by atoms with Crippen LogP contribution in [0.1, 0.15) is 55.7 Å². The van der Waals surface area contributed by atoms with Crippen LogP contribution in [0, 0.1) is 12.7 Å². The summed E-state index contributed by atoms with van der Waals surface area (Å²) in [6.45, 7) is 3.36. The second kappa shape index (κ2) is 4.14. The fraction of sp³-hybridized carbons (Fsp3) is 0.625. The van der Waals surface area contributed by atoms with Crippen LogP contribution >= 0.6 is 0 Å². The van der Waals surface area contributed by atoms with Crippen LogP contribution in [0.5, 0.6) is 5.75 Å². The summed E-state index contributed by atoms with van der Waals surface area (Å²) in [5, 5.41) is 10.00. The van der Waals surface area contributed by atoms with Gasteiger partial charge in [-0.3, -0.25) is 0 Å². The zero-order chi connectivity index (χ0) is 15.6. The van der Waals surface area contributed by atoms with E-state index in [2.05, 4.69) is 0 Å². The summed E-state index contributed by atoms with van der Waals surface area (Å²) in [5.41, 5.74) is -0.229. The van der Waals surface area contributed by atoms with Crippen LogP contribution in [0.15, 0.2) is 6.07 Å². The number of rotatable bonds is 3. The number of hydrogen-bond donors (Lipinski definition) is 1. The molecule has 1 N–H and O–H groups in total. The number of hydrogen-bond acceptors (Lipinski definition) is 1. The summed E-state index contributed by atoms with van der Waals surface area (Å²) in [6.07, 6.45) is -2.67. The molecule has 21 heavy (non-hydrogen) atoms. The molecule has 1 aromatic rings. The fourth-order valence-corrected chi connectivity index (χ4v) is 3.28. The van der Waals surface area contributed by atoms with Crippen LogP contribution in [-0.4, -0.2) is 11.3 Å². The summed E-state index contributed by atoms with van der Waals surface area (Å²) in [5.74, 6) is -1.15. The van der Waals surface area contributed by atoms with Gasteiger partial charge in [0.2, 0.25) is 0 Å². The normalized spacial score (nSPS) is 22.2. The van der Waals surface area contributed by atoms with E-state index < -0.39 is 23.8 Å². The molecule has 1 aromatic carbocycles. The molecule has 2 fully saturated rings. The second-order valence-corrected chi connectivity index (χ2v) is 6.89. The molecule has 0 bridgehead atoms. The number of aromatic hydroxyl groups is 1. The molecule has 0 atom stereocenters. The second-order valence-electron chi connectivity index (χ2n) is 6.89. The highest BCUT2D eigenvalue weighted by atomic mass is 19.4. The molecule has 116 valence electrons. The maximum atomic E-state index is 14.3. The molecule has 0 amide bonds. The van der Waals surface area contributed by atoms with Crippen LogP contribution in [0.25, 0.3) is 0 Å². The zero-order valence-electron chi connectivity index (χ0n) is 12.1. The van der Waals surface area contributed by atoms with Crippen molar-refractivity contribution in [2.45, 2.75) is 63.0 Å². The Bertz CT molecular complexity index is 595. The third-order valence-corrected chi connectivity index (χ3v) is 5.10. The van der Waals surface area contributed by atoms with Gasteiger partial charge in [0.15, 0.2) is 11.6 Å². The molecule has 2 saturated carbocycles. The molecule has 0 heterocycles. The minimum Gasteiger partial charge on any atom is -0.505 e. The molecule has 0 aromatic heterocycles. The molecule has 3 rings (SSSR count). The number of phenols is 1. The fourth-order valence-electron chi connectivity index (χ4n) is 3.28. The lowest BCUT2D eigenvalue weighted by atomic mass is 9.84. The Morgan fingerprint density at radius 3 is 2.14 bits per heavy atom. The summed E-state index contributed by atoms with van der Waals surface area (Å²) >= 11 is 0. The van der Waals surface area contributed by atoms with Gasteiger partial charge in [0.1, 0.15) is 0 Å². The van der Waals surface area contributed by atoms with Crippen molar-refractivity contribution < 1.29 is 22.7 Å². The SMILES string of the molecule is Cc1c(C2(CC(F)(F)F)CC2)cc(C2(C)CC2)c(O)c1F. The van der Waals surface area contributed by atoms with E-state index >= 15 is 0 Å². The van der Waals surface area contributed by atoms with Crippen LogP contribution in [0.2, 0.25) is 0 Å². The maximum absolute atomic E-state index is 14.3. The molecule has 0 saturated heterocycles. The van der Waals surface area contributed by atoms with Gasteiger partial charge in [0.25, 0.3) is 0 Å². The molecular formula is C16H18F4O. The van der Waals surface area contributed by atoms with E-state index in [-0.39, 0.29) is 16.7 Å². The van der Waals surface area contributed by atoms with Gasteiger partial charge in [0, 0.05) is 11.0 Å². The van der Waals surface area contributed by atoms with E-state index in [1.807, 2.05) is 6.92 Å². The topological polar surface area (TPSA) is 20.2 Å².